The van der Waals surface area contributed by atoms with E-state index in [9.17, 15) is 5.11 Å². The molecule has 1 aliphatic rings. The molecule has 3 rings (SSSR count). The molecule has 0 amide bonds. The SMILES string of the molecule is COc1ccc(CCNC(=NCCc2ccco2)N2CCC(C(C)O)C2)cc1.I. The Morgan fingerprint density at radius 1 is 1.31 bits per heavy atom. The van der Waals surface area contributed by atoms with Crippen LogP contribution < -0.4 is 10.1 Å². The van der Waals surface area contributed by atoms with Crippen molar-refractivity contribution in [2.24, 2.45) is 10.9 Å². The molecule has 2 unspecified atom stereocenters. The molecule has 0 aliphatic carbocycles. The first-order valence-electron chi connectivity index (χ1n) is 10.0. The molecule has 2 aromatic rings. The molecule has 1 aliphatic heterocycles. The number of nitrogens with zero attached hydrogens (tertiary/aromatic N) is 2. The van der Waals surface area contributed by atoms with E-state index >= 15 is 0 Å². The number of rotatable bonds is 8. The van der Waals surface area contributed by atoms with Crippen molar-refractivity contribution in [3.8, 4) is 5.75 Å². The van der Waals surface area contributed by atoms with Crippen LogP contribution in [0.3, 0.4) is 0 Å². The van der Waals surface area contributed by atoms with Crippen LogP contribution in [-0.4, -0.2) is 55.4 Å². The van der Waals surface area contributed by atoms with Crippen LogP contribution in [0.25, 0.3) is 0 Å². The highest BCUT2D eigenvalue weighted by Crippen LogP contribution is 2.19. The van der Waals surface area contributed by atoms with Gasteiger partial charge in [-0.05, 0) is 49.6 Å². The summed E-state index contributed by atoms with van der Waals surface area (Å²) >= 11 is 0. The number of aliphatic imine (C=N–C) groups is 1. The fourth-order valence-corrected chi connectivity index (χ4v) is 3.48. The first-order valence-corrected chi connectivity index (χ1v) is 10.0. The Hall–Kier alpha value is -1.74. The molecule has 2 N–H and O–H groups in total. The van der Waals surface area contributed by atoms with E-state index in [1.807, 2.05) is 31.2 Å². The summed E-state index contributed by atoms with van der Waals surface area (Å²) < 4.78 is 10.6. The van der Waals surface area contributed by atoms with Crippen LogP contribution in [0.2, 0.25) is 0 Å². The number of likely N-dealkylation sites (tertiary alicyclic amines) is 1. The van der Waals surface area contributed by atoms with E-state index in [0.29, 0.717) is 12.5 Å². The van der Waals surface area contributed by atoms with E-state index in [1.54, 1.807) is 13.4 Å². The van der Waals surface area contributed by atoms with Crippen LogP contribution in [0.4, 0.5) is 0 Å². The minimum Gasteiger partial charge on any atom is -0.497 e. The van der Waals surface area contributed by atoms with Gasteiger partial charge < -0.3 is 24.5 Å². The molecule has 1 aromatic heterocycles. The largest absolute Gasteiger partial charge is 0.497 e. The number of hydrogen-bond acceptors (Lipinski definition) is 4. The Bertz CT molecular complexity index is 732. The summed E-state index contributed by atoms with van der Waals surface area (Å²) in [6, 6.07) is 12.0. The summed E-state index contributed by atoms with van der Waals surface area (Å²) in [5, 5.41) is 13.4. The zero-order chi connectivity index (χ0) is 19.8. The number of aliphatic hydroxyl groups is 1. The third-order valence-corrected chi connectivity index (χ3v) is 5.26. The molecular weight excluding hydrogens is 481 g/mol. The van der Waals surface area contributed by atoms with Crippen molar-refractivity contribution >= 4 is 29.9 Å². The maximum atomic E-state index is 9.91. The molecule has 1 fully saturated rings. The lowest BCUT2D eigenvalue weighted by Crippen LogP contribution is -2.41. The second-order valence-electron chi connectivity index (χ2n) is 7.29. The van der Waals surface area contributed by atoms with Gasteiger partial charge in [0.1, 0.15) is 11.5 Å². The number of ether oxygens (including phenoxy) is 1. The molecule has 0 bridgehead atoms. The maximum absolute atomic E-state index is 9.91. The highest BCUT2D eigenvalue weighted by Gasteiger charge is 2.27. The number of methoxy groups -OCH3 is 1. The molecule has 0 saturated carbocycles. The van der Waals surface area contributed by atoms with Gasteiger partial charge in [0.25, 0.3) is 0 Å². The second-order valence-corrected chi connectivity index (χ2v) is 7.29. The number of aliphatic hydroxyl groups excluding tert-OH is 1. The average molecular weight is 513 g/mol. The monoisotopic (exact) mass is 513 g/mol. The molecule has 1 saturated heterocycles. The fourth-order valence-electron chi connectivity index (χ4n) is 3.48. The number of nitrogens with one attached hydrogen (secondary N) is 1. The summed E-state index contributed by atoms with van der Waals surface area (Å²) in [5.74, 6) is 3.05. The standard InChI is InChI=1S/C22H31N3O3.HI/c1-17(26)19-11-14-25(16-19)22(24-13-10-21-4-3-15-28-21)23-12-9-18-5-7-20(27-2)8-6-18;/h3-8,15,17,19,26H,9-14,16H2,1-2H3,(H,23,24);1H. The van der Waals surface area contributed by atoms with Crippen molar-refractivity contribution in [1.29, 1.82) is 0 Å². The molecule has 29 heavy (non-hydrogen) atoms. The maximum Gasteiger partial charge on any atom is 0.193 e. The third-order valence-electron chi connectivity index (χ3n) is 5.26. The third kappa shape index (κ3) is 7.22. The van der Waals surface area contributed by atoms with Crippen molar-refractivity contribution in [2.75, 3.05) is 33.3 Å². The van der Waals surface area contributed by atoms with E-state index in [0.717, 1.165) is 56.4 Å². The minimum absolute atomic E-state index is 0. The summed E-state index contributed by atoms with van der Waals surface area (Å²) in [5.41, 5.74) is 1.26. The fraction of sp³-hybridized carbons (Fsp3) is 0.500. The lowest BCUT2D eigenvalue weighted by Gasteiger charge is -2.23. The quantitative estimate of drug-likeness (QED) is 0.322. The van der Waals surface area contributed by atoms with Crippen LogP contribution in [0, 0.1) is 5.92 Å². The molecule has 160 valence electrons. The van der Waals surface area contributed by atoms with E-state index in [1.165, 1.54) is 5.56 Å². The molecule has 2 atom stereocenters. The van der Waals surface area contributed by atoms with Crippen molar-refractivity contribution < 1.29 is 14.3 Å². The van der Waals surface area contributed by atoms with Crippen LogP contribution >= 0.6 is 24.0 Å². The van der Waals surface area contributed by atoms with E-state index < -0.39 is 0 Å². The molecule has 0 radical (unpaired) electrons. The van der Waals surface area contributed by atoms with Crippen molar-refractivity contribution in [3.63, 3.8) is 0 Å². The molecule has 7 heteroatoms. The van der Waals surface area contributed by atoms with E-state index in [-0.39, 0.29) is 30.1 Å². The predicted octanol–water partition coefficient (Wildman–Crippen LogP) is 3.34. The van der Waals surface area contributed by atoms with Gasteiger partial charge in [0.15, 0.2) is 5.96 Å². The topological polar surface area (TPSA) is 70.2 Å². The lowest BCUT2D eigenvalue weighted by molar-refractivity contribution is 0.132. The zero-order valence-electron chi connectivity index (χ0n) is 17.2. The summed E-state index contributed by atoms with van der Waals surface area (Å²) in [7, 11) is 1.68. The van der Waals surface area contributed by atoms with Gasteiger partial charge in [0, 0.05) is 38.5 Å². The minimum atomic E-state index is -0.284. The van der Waals surface area contributed by atoms with Crippen molar-refractivity contribution in [2.45, 2.75) is 32.3 Å². The van der Waals surface area contributed by atoms with Gasteiger partial charge in [-0.25, -0.2) is 0 Å². The molecule has 0 spiro atoms. The van der Waals surface area contributed by atoms with Gasteiger partial charge in [0.05, 0.1) is 19.5 Å². The number of halogens is 1. The van der Waals surface area contributed by atoms with E-state index in [2.05, 4.69) is 22.3 Å². The van der Waals surface area contributed by atoms with Crippen LogP contribution in [0.1, 0.15) is 24.7 Å². The summed E-state index contributed by atoms with van der Waals surface area (Å²) in [4.78, 5) is 7.06. The molecule has 2 heterocycles. The normalized spacial score (nSPS) is 17.7. The van der Waals surface area contributed by atoms with Gasteiger partial charge in [-0.1, -0.05) is 12.1 Å². The van der Waals surface area contributed by atoms with Crippen molar-refractivity contribution in [3.05, 3.63) is 54.0 Å². The first-order chi connectivity index (χ1) is 13.7. The van der Waals surface area contributed by atoms with Crippen molar-refractivity contribution in [1.82, 2.24) is 10.2 Å². The van der Waals surface area contributed by atoms with Gasteiger partial charge in [-0.2, -0.15) is 0 Å². The van der Waals surface area contributed by atoms with Gasteiger partial charge in [0.2, 0.25) is 0 Å². The van der Waals surface area contributed by atoms with Crippen LogP contribution in [0.15, 0.2) is 52.1 Å². The first kappa shape index (κ1) is 23.5. The predicted molar refractivity (Wildman–Crippen MR) is 126 cm³/mol. The Morgan fingerprint density at radius 3 is 2.72 bits per heavy atom. The average Bonchev–Trinajstić information content (AvgIpc) is 3.39. The molecular formula is C22H32IN3O3. The summed E-state index contributed by atoms with van der Waals surface area (Å²) in [6.45, 7) is 5.12. The van der Waals surface area contributed by atoms with Crippen LogP contribution in [0.5, 0.6) is 5.75 Å². The Balaban J connectivity index is 0.00000300. The Morgan fingerprint density at radius 2 is 2.10 bits per heavy atom. The smallest absolute Gasteiger partial charge is 0.193 e. The number of guanidine groups is 1. The van der Waals surface area contributed by atoms with Crippen LogP contribution in [-0.2, 0) is 12.8 Å². The molecule has 6 nitrogen and oxygen atoms in total. The Kier molecular flexibility index (Phi) is 9.80. The highest BCUT2D eigenvalue weighted by molar-refractivity contribution is 14.0. The molecule has 1 aromatic carbocycles. The Labute approximate surface area is 190 Å². The van der Waals surface area contributed by atoms with E-state index in [4.69, 9.17) is 14.1 Å². The number of furan rings is 1. The van der Waals surface area contributed by atoms with Gasteiger partial charge in [-0.3, -0.25) is 4.99 Å². The lowest BCUT2D eigenvalue weighted by atomic mass is 10.0. The second kappa shape index (κ2) is 12.1. The summed E-state index contributed by atoms with van der Waals surface area (Å²) in [6.07, 6.45) is 4.10. The van der Waals surface area contributed by atoms with Gasteiger partial charge >= 0.3 is 0 Å². The number of hydrogen-bond donors (Lipinski definition) is 2. The number of benzene rings is 1. The van der Waals surface area contributed by atoms with Gasteiger partial charge in [-0.15, -0.1) is 24.0 Å². The zero-order valence-corrected chi connectivity index (χ0v) is 19.5. The highest BCUT2D eigenvalue weighted by atomic mass is 127.